The number of anilines is 1. The number of nitrogens with zero attached hydrogens (tertiary/aromatic N) is 7. The third-order valence-corrected chi connectivity index (χ3v) is 7.09. The van der Waals surface area contributed by atoms with Gasteiger partial charge in [-0.3, -0.25) is 14.6 Å². The van der Waals surface area contributed by atoms with Crippen LogP contribution in [-0.4, -0.2) is 79.5 Å². The largest absolute Gasteiger partial charge is 0.505 e. The van der Waals surface area contributed by atoms with Crippen LogP contribution in [0.15, 0.2) is 23.1 Å². The summed E-state index contributed by atoms with van der Waals surface area (Å²) in [5.41, 5.74) is 3.17. The molecule has 0 aliphatic carbocycles. The van der Waals surface area contributed by atoms with Gasteiger partial charge in [-0.15, -0.1) is 5.10 Å². The van der Waals surface area contributed by atoms with E-state index in [0.29, 0.717) is 62.4 Å². The lowest BCUT2D eigenvalue weighted by molar-refractivity contribution is 0.0743. The highest BCUT2D eigenvalue weighted by molar-refractivity contribution is 5.97. The molecule has 0 saturated carbocycles. The number of aromatic nitrogens is 5. The maximum atomic E-state index is 13.6. The van der Waals surface area contributed by atoms with Crippen molar-refractivity contribution in [1.29, 1.82) is 0 Å². The Hall–Kier alpha value is -3.73. The molecule has 3 aromatic heterocycles. The van der Waals surface area contributed by atoms with E-state index < -0.39 is 0 Å². The summed E-state index contributed by atoms with van der Waals surface area (Å²) in [4.78, 5) is 39.2. The van der Waals surface area contributed by atoms with Crippen LogP contribution in [0.2, 0.25) is 0 Å². The fourth-order valence-electron chi connectivity index (χ4n) is 5.20. The van der Waals surface area contributed by atoms with Gasteiger partial charge in [0.25, 0.3) is 11.5 Å². The highest BCUT2D eigenvalue weighted by Gasteiger charge is 2.31. The first-order valence-corrected chi connectivity index (χ1v) is 12.0. The molecule has 0 bridgehead atoms. The van der Waals surface area contributed by atoms with Crippen molar-refractivity contribution < 1.29 is 14.6 Å². The van der Waals surface area contributed by atoms with Crippen molar-refractivity contribution in [3.63, 3.8) is 0 Å². The van der Waals surface area contributed by atoms with Crippen LogP contribution < -0.4 is 10.5 Å². The van der Waals surface area contributed by atoms with E-state index in [9.17, 15) is 14.7 Å². The molecule has 1 saturated heterocycles. The summed E-state index contributed by atoms with van der Waals surface area (Å²) in [6.07, 6.45) is 5.99. The van der Waals surface area contributed by atoms with Crippen LogP contribution in [0, 0.1) is 6.92 Å². The monoisotopic (exact) mass is 477 g/mol. The van der Waals surface area contributed by atoms with Crippen molar-refractivity contribution in [1.82, 2.24) is 29.0 Å². The van der Waals surface area contributed by atoms with E-state index in [0.717, 1.165) is 37.1 Å². The van der Waals surface area contributed by atoms with Crippen molar-refractivity contribution >= 4 is 22.9 Å². The van der Waals surface area contributed by atoms with Gasteiger partial charge in [-0.1, -0.05) is 6.08 Å². The summed E-state index contributed by atoms with van der Waals surface area (Å²) in [6.45, 7) is 5.57. The number of amides is 1. The van der Waals surface area contributed by atoms with Crippen molar-refractivity contribution in [3.05, 3.63) is 51.5 Å². The first-order valence-electron chi connectivity index (χ1n) is 12.0. The van der Waals surface area contributed by atoms with E-state index in [1.54, 1.807) is 17.9 Å². The number of hydrogen-bond donors (Lipinski definition) is 1. The third-order valence-electron chi connectivity index (χ3n) is 7.09. The van der Waals surface area contributed by atoms with Crippen LogP contribution in [0.5, 0.6) is 5.75 Å². The molecular weight excluding hydrogens is 450 g/mol. The molecule has 3 aromatic rings. The van der Waals surface area contributed by atoms with Gasteiger partial charge >= 0.3 is 0 Å². The zero-order chi connectivity index (χ0) is 24.1. The molecule has 0 atom stereocenters. The van der Waals surface area contributed by atoms with Crippen LogP contribution >= 0.6 is 0 Å². The van der Waals surface area contributed by atoms with Gasteiger partial charge in [0, 0.05) is 38.9 Å². The Kier molecular flexibility index (Phi) is 5.28. The molecule has 0 aromatic carbocycles. The van der Waals surface area contributed by atoms with Gasteiger partial charge in [-0.25, -0.2) is 0 Å². The summed E-state index contributed by atoms with van der Waals surface area (Å²) in [7, 11) is 0. The van der Waals surface area contributed by atoms with Crippen LogP contribution in [0.4, 0.5) is 5.69 Å². The minimum Gasteiger partial charge on any atom is -0.505 e. The SMILES string of the molecule is Cc1nccc(C(=O)N2CCN(c3c4n(c5nc(C6=CCOCC6)nn5c3=O)CCC4)CC2)c1O. The Morgan fingerprint density at radius 1 is 1.14 bits per heavy atom. The average molecular weight is 478 g/mol. The number of piperazine rings is 1. The fourth-order valence-corrected chi connectivity index (χ4v) is 5.20. The molecule has 11 nitrogen and oxygen atoms in total. The lowest BCUT2D eigenvalue weighted by Crippen LogP contribution is -2.50. The molecule has 3 aliphatic rings. The standard InChI is InChI=1S/C24H27N7O4/c1-15-20(32)17(4-7-25-15)22(33)29-11-9-28(10-12-29)19-18-3-2-8-30(18)24-26-21(27-31(24)23(19)34)16-5-13-35-14-6-16/h4-5,7,32H,2-3,6,8-14H2,1H3. The number of hydrogen-bond acceptors (Lipinski definition) is 8. The zero-order valence-electron chi connectivity index (χ0n) is 19.6. The second-order valence-electron chi connectivity index (χ2n) is 9.13. The van der Waals surface area contributed by atoms with E-state index in [2.05, 4.69) is 19.5 Å². The average Bonchev–Trinajstić information content (AvgIpc) is 3.54. The second-order valence-corrected chi connectivity index (χ2v) is 9.13. The number of carbonyl (C=O) groups excluding carboxylic acids is 1. The summed E-state index contributed by atoms with van der Waals surface area (Å²) in [5, 5.41) is 14.9. The molecule has 1 N–H and O–H groups in total. The minimum absolute atomic E-state index is 0.0805. The van der Waals surface area contributed by atoms with Crippen LogP contribution in [-0.2, 0) is 17.7 Å². The summed E-state index contributed by atoms with van der Waals surface area (Å²) >= 11 is 0. The first kappa shape index (κ1) is 21.8. The molecule has 3 aliphatic heterocycles. The van der Waals surface area contributed by atoms with Gasteiger partial charge in [-0.2, -0.15) is 9.50 Å². The molecule has 6 rings (SSSR count). The molecular formula is C24H27N7O4. The van der Waals surface area contributed by atoms with Gasteiger partial charge < -0.3 is 24.2 Å². The number of rotatable bonds is 3. The van der Waals surface area contributed by atoms with E-state index in [1.165, 1.54) is 10.7 Å². The minimum atomic E-state index is -0.226. The Morgan fingerprint density at radius 2 is 1.97 bits per heavy atom. The second kappa shape index (κ2) is 8.49. The number of ether oxygens (including phenoxy) is 1. The topological polar surface area (TPSA) is 118 Å². The lowest BCUT2D eigenvalue weighted by Gasteiger charge is -2.36. The van der Waals surface area contributed by atoms with E-state index in [1.807, 2.05) is 6.08 Å². The number of aryl methyl sites for hydroxylation is 2. The smallest absolute Gasteiger partial charge is 0.299 e. The number of pyridine rings is 1. The molecule has 0 unspecified atom stereocenters. The molecule has 0 radical (unpaired) electrons. The van der Waals surface area contributed by atoms with Gasteiger partial charge in [0.05, 0.1) is 30.2 Å². The van der Waals surface area contributed by atoms with E-state index in [-0.39, 0.29) is 22.8 Å². The zero-order valence-corrected chi connectivity index (χ0v) is 19.6. The summed E-state index contributed by atoms with van der Waals surface area (Å²) < 4.78 is 8.95. The van der Waals surface area contributed by atoms with Gasteiger partial charge in [0.1, 0.15) is 11.4 Å². The van der Waals surface area contributed by atoms with Gasteiger partial charge in [0.15, 0.2) is 5.82 Å². The maximum absolute atomic E-state index is 13.6. The van der Waals surface area contributed by atoms with Crippen LogP contribution in [0.1, 0.15) is 40.4 Å². The summed E-state index contributed by atoms with van der Waals surface area (Å²) in [5.74, 6) is 0.872. The van der Waals surface area contributed by atoms with Crippen molar-refractivity contribution in [2.24, 2.45) is 0 Å². The highest BCUT2D eigenvalue weighted by Crippen LogP contribution is 2.28. The number of carbonyl (C=O) groups is 1. The molecule has 1 fully saturated rings. The Labute approximate surface area is 201 Å². The molecule has 1 amide bonds. The van der Waals surface area contributed by atoms with Gasteiger partial charge in [-0.05, 0) is 37.8 Å². The number of fused-ring (bicyclic) bond motifs is 3. The Morgan fingerprint density at radius 3 is 2.74 bits per heavy atom. The lowest BCUT2D eigenvalue weighted by atomic mass is 10.1. The maximum Gasteiger partial charge on any atom is 0.299 e. The van der Waals surface area contributed by atoms with Crippen LogP contribution in [0.3, 0.4) is 0 Å². The molecule has 182 valence electrons. The van der Waals surface area contributed by atoms with E-state index in [4.69, 9.17) is 9.72 Å². The van der Waals surface area contributed by atoms with Gasteiger partial charge in [0.2, 0.25) is 5.78 Å². The third kappa shape index (κ3) is 3.57. The number of aromatic hydroxyl groups is 1. The van der Waals surface area contributed by atoms with Crippen molar-refractivity contribution in [2.75, 3.05) is 44.3 Å². The quantitative estimate of drug-likeness (QED) is 0.594. The predicted octanol–water partition coefficient (Wildman–Crippen LogP) is 1.01. The molecule has 11 heteroatoms. The van der Waals surface area contributed by atoms with Crippen LogP contribution in [0.25, 0.3) is 11.4 Å². The molecule has 0 spiro atoms. The highest BCUT2D eigenvalue weighted by atomic mass is 16.5. The molecule has 35 heavy (non-hydrogen) atoms. The fraction of sp³-hybridized carbons (Fsp3) is 0.458. The van der Waals surface area contributed by atoms with Crippen molar-refractivity contribution in [3.8, 4) is 5.75 Å². The Balaban J connectivity index is 1.30. The Bertz CT molecular complexity index is 1420. The summed E-state index contributed by atoms with van der Waals surface area (Å²) in [6, 6.07) is 1.54. The first-order chi connectivity index (χ1) is 17.0. The molecule has 6 heterocycles. The predicted molar refractivity (Wildman–Crippen MR) is 128 cm³/mol. The van der Waals surface area contributed by atoms with Crippen molar-refractivity contribution in [2.45, 2.75) is 32.7 Å². The van der Waals surface area contributed by atoms with E-state index >= 15 is 0 Å². The normalized spacial score (nSPS) is 18.1.